The molecule has 0 spiro atoms. The summed E-state index contributed by atoms with van der Waals surface area (Å²) < 4.78 is 0. The molecule has 1 aromatic carbocycles. The maximum absolute atomic E-state index is 12.0. The van der Waals surface area contributed by atoms with Crippen molar-refractivity contribution in [2.75, 3.05) is 13.1 Å². The molecular formula is C13H16ClN3O3. The smallest absolute Gasteiger partial charge is 0.262 e. The van der Waals surface area contributed by atoms with E-state index in [1.54, 1.807) is 31.2 Å². The number of benzene rings is 1. The van der Waals surface area contributed by atoms with Gasteiger partial charge in [0.25, 0.3) is 11.8 Å². The fourth-order valence-electron chi connectivity index (χ4n) is 1.91. The van der Waals surface area contributed by atoms with Crippen LogP contribution in [0.5, 0.6) is 0 Å². The monoisotopic (exact) mass is 297 g/mol. The molecule has 1 heterocycles. The van der Waals surface area contributed by atoms with Crippen LogP contribution in [-0.2, 0) is 4.79 Å². The van der Waals surface area contributed by atoms with Gasteiger partial charge < -0.3 is 11.1 Å². The summed E-state index contributed by atoms with van der Waals surface area (Å²) in [4.78, 5) is 36.6. The molecule has 1 aliphatic rings. The first-order valence-corrected chi connectivity index (χ1v) is 5.99. The summed E-state index contributed by atoms with van der Waals surface area (Å²) in [5, 5.41) is 2.61. The van der Waals surface area contributed by atoms with E-state index in [0.29, 0.717) is 17.7 Å². The van der Waals surface area contributed by atoms with E-state index in [4.69, 9.17) is 5.73 Å². The third kappa shape index (κ3) is 2.97. The van der Waals surface area contributed by atoms with E-state index in [-0.39, 0.29) is 25.0 Å². The molecule has 0 radical (unpaired) electrons. The van der Waals surface area contributed by atoms with Crippen LogP contribution in [0.2, 0.25) is 0 Å². The Morgan fingerprint density at radius 3 is 2.20 bits per heavy atom. The number of carbonyl (C=O) groups excluding carboxylic acids is 3. The van der Waals surface area contributed by atoms with E-state index in [1.807, 2.05) is 0 Å². The molecule has 3 amide bonds. The maximum atomic E-state index is 12.0. The van der Waals surface area contributed by atoms with Crippen molar-refractivity contribution in [1.29, 1.82) is 0 Å². The number of imide groups is 1. The molecule has 0 unspecified atom stereocenters. The molecule has 20 heavy (non-hydrogen) atoms. The number of nitrogens with two attached hydrogens (primary N) is 1. The number of hydrogen-bond donors (Lipinski definition) is 2. The van der Waals surface area contributed by atoms with Crippen LogP contribution in [0.1, 0.15) is 27.6 Å². The highest BCUT2D eigenvalue weighted by Gasteiger charge is 2.36. The molecule has 6 nitrogen and oxygen atoms in total. The van der Waals surface area contributed by atoms with Gasteiger partial charge in [0.2, 0.25) is 5.91 Å². The molecule has 108 valence electrons. The third-order valence-corrected chi connectivity index (χ3v) is 2.94. The van der Waals surface area contributed by atoms with Gasteiger partial charge in [-0.3, -0.25) is 19.3 Å². The van der Waals surface area contributed by atoms with E-state index in [1.165, 1.54) is 0 Å². The molecule has 0 saturated carbocycles. The molecule has 3 N–H and O–H groups in total. The molecule has 1 aliphatic heterocycles. The van der Waals surface area contributed by atoms with Crippen LogP contribution in [-0.4, -0.2) is 41.8 Å². The molecule has 0 bridgehead atoms. The minimum atomic E-state index is -0.434. The highest BCUT2D eigenvalue weighted by molar-refractivity contribution is 6.22. The lowest BCUT2D eigenvalue weighted by atomic mass is 10.1. The number of rotatable bonds is 4. The number of halogens is 1. The van der Waals surface area contributed by atoms with Gasteiger partial charge in [0.15, 0.2) is 0 Å². The number of carbonyl (C=O) groups is 3. The van der Waals surface area contributed by atoms with Crippen molar-refractivity contribution >= 4 is 30.1 Å². The van der Waals surface area contributed by atoms with Crippen molar-refractivity contribution < 1.29 is 14.4 Å². The predicted octanol–water partition coefficient (Wildman–Crippen LogP) is 0.168. The molecule has 1 aromatic rings. The lowest BCUT2D eigenvalue weighted by molar-refractivity contribution is -0.121. The molecular weight excluding hydrogens is 282 g/mol. The molecule has 2 rings (SSSR count). The Hall–Kier alpha value is -1.92. The lowest BCUT2D eigenvalue weighted by Gasteiger charge is -2.16. The largest absolute Gasteiger partial charge is 0.351 e. The first-order valence-electron chi connectivity index (χ1n) is 5.99. The van der Waals surface area contributed by atoms with Crippen LogP contribution < -0.4 is 11.1 Å². The molecule has 0 saturated heterocycles. The van der Waals surface area contributed by atoms with Crippen LogP contribution in [0.25, 0.3) is 0 Å². The Morgan fingerprint density at radius 2 is 1.75 bits per heavy atom. The van der Waals surface area contributed by atoms with E-state index >= 15 is 0 Å². The average Bonchev–Trinajstić information content (AvgIpc) is 2.64. The van der Waals surface area contributed by atoms with Crippen LogP contribution >= 0.6 is 12.4 Å². The van der Waals surface area contributed by atoms with Gasteiger partial charge in [0, 0.05) is 12.6 Å². The van der Waals surface area contributed by atoms with Crippen molar-refractivity contribution in [2.24, 2.45) is 5.73 Å². The molecule has 0 aromatic heterocycles. The van der Waals surface area contributed by atoms with Crippen LogP contribution in [0.15, 0.2) is 24.3 Å². The average molecular weight is 298 g/mol. The molecule has 7 heteroatoms. The SMILES string of the molecule is C[C@@H](CN)NC(=O)CN1C(=O)c2ccccc2C1=O.Cl. The summed E-state index contributed by atoms with van der Waals surface area (Å²) >= 11 is 0. The molecule has 0 fully saturated rings. The molecule has 1 atom stereocenters. The summed E-state index contributed by atoms with van der Waals surface area (Å²) in [6.45, 7) is 1.77. The number of amides is 3. The van der Waals surface area contributed by atoms with Gasteiger partial charge in [-0.15, -0.1) is 12.4 Å². The number of hydrogen-bond acceptors (Lipinski definition) is 4. The molecule has 0 aliphatic carbocycles. The zero-order valence-electron chi connectivity index (χ0n) is 11.0. The summed E-state index contributed by atoms with van der Waals surface area (Å²) in [5.74, 6) is -1.26. The van der Waals surface area contributed by atoms with Crippen molar-refractivity contribution in [2.45, 2.75) is 13.0 Å². The van der Waals surface area contributed by atoms with Crippen LogP contribution in [0, 0.1) is 0 Å². The second kappa shape index (κ2) is 6.49. The maximum Gasteiger partial charge on any atom is 0.262 e. The Morgan fingerprint density at radius 1 is 1.25 bits per heavy atom. The third-order valence-electron chi connectivity index (χ3n) is 2.94. The van der Waals surface area contributed by atoms with Crippen molar-refractivity contribution in [1.82, 2.24) is 10.2 Å². The minimum absolute atomic E-state index is 0. The van der Waals surface area contributed by atoms with Crippen molar-refractivity contribution in [3.05, 3.63) is 35.4 Å². The second-order valence-corrected chi connectivity index (χ2v) is 4.45. The van der Waals surface area contributed by atoms with E-state index in [0.717, 1.165) is 4.90 Å². The quantitative estimate of drug-likeness (QED) is 0.775. The van der Waals surface area contributed by atoms with Gasteiger partial charge in [-0.05, 0) is 19.1 Å². The van der Waals surface area contributed by atoms with Gasteiger partial charge in [0.05, 0.1) is 11.1 Å². The lowest BCUT2D eigenvalue weighted by Crippen LogP contribution is -2.45. The van der Waals surface area contributed by atoms with Gasteiger partial charge >= 0.3 is 0 Å². The van der Waals surface area contributed by atoms with Gasteiger partial charge in [-0.25, -0.2) is 0 Å². The highest BCUT2D eigenvalue weighted by Crippen LogP contribution is 2.21. The second-order valence-electron chi connectivity index (χ2n) is 4.45. The van der Waals surface area contributed by atoms with Gasteiger partial charge in [-0.2, -0.15) is 0 Å². The summed E-state index contributed by atoms with van der Waals surface area (Å²) in [5.41, 5.74) is 6.07. The Labute approximate surface area is 122 Å². The minimum Gasteiger partial charge on any atom is -0.351 e. The fourth-order valence-corrected chi connectivity index (χ4v) is 1.91. The summed E-state index contributed by atoms with van der Waals surface area (Å²) in [6, 6.07) is 6.34. The van der Waals surface area contributed by atoms with Crippen LogP contribution in [0.4, 0.5) is 0 Å². The van der Waals surface area contributed by atoms with Crippen LogP contribution in [0.3, 0.4) is 0 Å². The van der Waals surface area contributed by atoms with Crippen molar-refractivity contribution in [3.8, 4) is 0 Å². The fraction of sp³-hybridized carbons (Fsp3) is 0.308. The number of fused-ring (bicyclic) bond motifs is 1. The predicted molar refractivity (Wildman–Crippen MR) is 75.7 cm³/mol. The Kier molecular flexibility index (Phi) is 5.24. The highest BCUT2D eigenvalue weighted by atomic mass is 35.5. The van der Waals surface area contributed by atoms with Gasteiger partial charge in [0.1, 0.15) is 6.54 Å². The van der Waals surface area contributed by atoms with Gasteiger partial charge in [-0.1, -0.05) is 12.1 Å². The zero-order chi connectivity index (χ0) is 14.0. The summed E-state index contributed by atoms with van der Waals surface area (Å²) in [7, 11) is 0. The number of nitrogens with zero attached hydrogens (tertiary/aromatic N) is 1. The normalized spacial score (nSPS) is 14.6. The first-order chi connectivity index (χ1) is 9.04. The topological polar surface area (TPSA) is 92.5 Å². The number of nitrogens with one attached hydrogen (secondary N) is 1. The van der Waals surface area contributed by atoms with Crippen molar-refractivity contribution in [3.63, 3.8) is 0 Å². The van der Waals surface area contributed by atoms with E-state index in [9.17, 15) is 14.4 Å². The Bertz CT molecular complexity index is 512. The first kappa shape index (κ1) is 16.1. The zero-order valence-corrected chi connectivity index (χ0v) is 11.8. The van der Waals surface area contributed by atoms with E-state index in [2.05, 4.69) is 5.32 Å². The standard InChI is InChI=1S/C13H15N3O3.ClH/c1-8(6-14)15-11(17)7-16-12(18)9-4-2-3-5-10(9)13(16)19;/h2-5,8H,6-7,14H2,1H3,(H,15,17);1H/t8-;/m0./s1. The summed E-state index contributed by atoms with van der Waals surface area (Å²) in [6.07, 6.45) is 0. The Balaban J connectivity index is 0.00000200. The van der Waals surface area contributed by atoms with E-state index < -0.39 is 17.7 Å².